The van der Waals surface area contributed by atoms with E-state index in [1.54, 1.807) is 6.08 Å². The Morgan fingerprint density at radius 2 is 0.694 bits per heavy atom. The molecule has 0 fully saturated rings. The van der Waals surface area contributed by atoms with Crippen molar-refractivity contribution < 1.29 is 24.5 Å². The van der Waals surface area contributed by atoms with Gasteiger partial charge in [-0.3, -0.25) is 9.59 Å². The van der Waals surface area contributed by atoms with E-state index in [1.807, 2.05) is 6.08 Å². The molecule has 2 unspecified atom stereocenters. The van der Waals surface area contributed by atoms with Crippen molar-refractivity contribution in [1.82, 2.24) is 5.32 Å². The molecule has 72 heavy (non-hydrogen) atoms. The Morgan fingerprint density at radius 1 is 0.389 bits per heavy atom. The molecular weight excluding hydrogens is 887 g/mol. The number of aliphatic hydroxyl groups is 2. The molecule has 0 aliphatic carbocycles. The van der Waals surface area contributed by atoms with Crippen LogP contribution in [0, 0.1) is 0 Å². The Morgan fingerprint density at radius 3 is 1.07 bits per heavy atom. The van der Waals surface area contributed by atoms with Gasteiger partial charge in [-0.05, 0) is 64.2 Å². The Labute approximate surface area is 449 Å². The highest BCUT2D eigenvalue weighted by Crippen LogP contribution is 2.18. The molecule has 0 aromatic carbocycles. The number of esters is 1. The van der Waals surface area contributed by atoms with Crippen LogP contribution in [0.2, 0.25) is 0 Å². The minimum Gasteiger partial charge on any atom is -0.466 e. The number of ether oxygens (including phenoxy) is 1. The maximum atomic E-state index is 12.5. The monoisotopic (exact) mass is 1010 g/mol. The van der Waals surface area contributed by atoms with E-state index in [-0.39, 0.29) is 18.5 Å². The minimum atomic E-state index is -0.848. The van der Waals surface area contributed by atoms with Crippen LogP contribution in [0.3, 0.4) is 0 Å². The van der Waals surface area contributed by atoms with Crippen LogP contribution in [0.4, 0.5) is 0 Å². The van der Waals surface area contributed by atoms with Crippen molar-refractivity contribution in [3.8, 4) is 0 Å². The van der Waals surface area contributed by atoms with Crippen LogP contribution in [0.15, 0.2) is 36.5 Å². The predicted octanol–water partition coefficient (Wildman–Crippen LogP) is 20.4. The summed E-state index contributed by atoms with van der Waals surface area (Å²) in [5.74, 6) is -0.0733. The number of hydrogen-bond acceptors (Lipinski definition) is 5. The molecule has 0 saturated carbocycles. The van der Waals surface area contributed by atoms with Crippen molar-refractivity contribution in [3.63, 3.8) is 0 Å². The topological polar surface area (TPSA) is 95.9 Å². The summed E-state index contributed by atoms with van der Waals surface area (Å²) in [6.07, 6.45) is 77.5. The molecule has 0 aromatic heterocycles. The summed E-state index contributed by atoms with van der Waals surface area (Å²) in [6, 6.07) is -0.632. The molecule has 6 heteroatoms. The number of hydrogen-bond donors (Lipinski definition) is 3. The SMILES string of the molecule is CCCCCC/C=C\C/C=C\CCCCCCCC(=O)OCCCCCCCCCCCCCCCCCCCCCC(=O)NC(CO)C(O)/C=C/CCCCCCCCCCCCCCCCCCCC. The smallest absolute Gasteiger partial charge is 0.305 e. The molecule has 0 aliphatic heterocycles. The third kappa shape index (κ3) is 57.4. The zero-order chi connectivity index (χ0) is 52.2. The summed E-state index contributed by atoms with van der Waals surface area (Å²) >= 11 is 0. The van der Waals surface area contributed by atoms with E-state index in [0.717, 1.165) is 51.4 Å². The van der Waals surface area contributed by atoms with Crippen molar-refractivity contribution in [2.24, 2.45) is 0 Å². The van der Waals surface area contributed by atoms with Crippen LogP contribution >= 0.6 is 0 Å². The van der Waals surface area contributed by atoms with E-state index in [2.05, 4.69) is 43.5 Å². The van der Waals surface area contributed by atoms with Crippen LogP contribution in [0.5, 0.6) is 0 Å². The van der Waals surface area contributed by atoms with Crippen LogP contribution < -0.4 is 5.32 Å². The van der Waals surface area contributed by atoms with E-state index in [4.69, 9.17) is 4.74 Å². The van der Waals surface area contributed by atoms with Crippen LogP contribution in [-0.4, -0.2) is 47.4 Å². The number of carbonyl (C=O) groups is 2. The molecule has 0 radical (unpaired) electrons. The average Bonchev–Trinajstić information content (AvgIpc) is 3.38. The second-order valence-electron chi connectivity index (χ2n) is 22.1. The fourth-order valence-electron chi connectivity index (χ4n) is 9.96. The third-order valence-corrected chi connectivity index (χ3v) is 14.9. The fourth-order valence-corrected chi connectivity index (χ4v) is 9.96. The summed E-state index contributed by atoms with van der Waals surface area (Å²) in [4.78, 5) is 24.6. The lowest BCUT2D eigenvalue weighted by molar-refractivity contribution is -0.143. The summed E-state index contributed by atoms with van der Waals surface area (Å²) in [7, 11) is 0. The average molecular weight is 1010 g/mol. The molecule has 0 spiro atoms. The van der Waals surface area contributed by atoms with Crippen molar-refractivity contribution in [1.29, 1.82) is 0 Å². The van der Waals surface area contributed by atoms with Crippen molar-refractivity contribution in [2.45, 2.75) is 360 Å². The number of rotatable bonds is 60. The van der Waals surface area contributed by atoms with Gasteiger partial charge in [0.25, 0.3) is 0 Å². The Hall–Kier alpha value is -1.92. The Kier molecular flexibility index (Phi) is 60.0. The highest BCUT2D eigenvalue weighted by Gasteiger charge is 2.18. The summed E-state index contributed by atoms with van der Waals surface area (Å²) in [6.45, 7) is 4.90. The van der Waals surface area contributed by atoms with Crippen LogP contribution in [0.1, 0.15) is 348 Å². The van der Waals surface area contributed by atoms with Gasteiger partial charge in [-0.2, -0.15) is 0 Å². The molecule has 3 N–H and O–H groups in total. The molecule has 1 amide bonds. The summed E-state index contributed by atoms with van der Waals surface area (Å²) in [5, 5.41) is 23.2. The van der Waals surface area contributed by atoms with Gasteiger partial charge in [-0.15, -0.1) is 0 Å². The first-order valence-corrected chi connectivity index (χ1v) is 32.3. The molecule has 424 valence electrons. The highest BCUT2D eigenvalue weighted by atomic mass is 16.5. The molecule has 6 nitrogen and oxygen atoms in total. The standard InChI is InChI=1S/C66H125NO5/c1-3-5-7-9-11-13-15-17-19-21-22-24-27-30-34-38-42-46-50-54-58-64(69)63(62-68)67-65(70)59-55-51-47-43-39-35-31-28-25-23-26-29-33-37-41-45-49-53-57-61-72-66(71)60-56-52-48-44-40-36-32-20-18-16-14-12-10-8-6-4-2/h14,16,20,32,54,58,63-64,68-69H,3-13,15,17-19,21-31,33-53,55-57,59-62H2,1-2H3,(H,67,70)/b16-14-,32-20-,58-54+. The number of carbonyl (C=O) groups excluding carboxylic acids is 2. The molecule has 2 atom stereocenters. The third-order valence-electron chi connectivity index (χ3n) is 14.9. The lowest BCUT2D eigenvalue weighted by Crippen LogP contribution is -2.45. The van der Waals surface area contributed by atoms with Crippen molar-refractivity contribution in [2.75, 3.05) is 13.2 Å². The van der Waals surface area contributed by atoms with Crippen LogP contribution in [-0.2, 0) is 14.3 Å². The largest absolute Gasteiger partial charge is 0.466 e. The van der Waals surface area contributed by atoms with E-state index in [1.165, 1.54) is 270 Å². The predicted molar refractivity (Wildman–Crippen MR) is 315 cm³/mol. The van der Waals surface area contributed by atoms with Crippen molar-refractivity contribution in [3.05, 3.63) is 36.5 Å². The normalized spacial score (nSPS) is 12.8. The van der Waals surface area contributed by atoms with Gasteiger partial charge in [-0.1, -0.05) is 307 Å². The van der Waals surface area contributed by atoms with E-state index >= 15 is 0 Å². The molecule has 0 rings (SSSR count). The van der Waals surface area contributed by atoms with Gasteiger partial charge in [0.1, 0.15) is 0 Å². The molecule has 0 bridgehead atoms. The van der Waals surface area contributed by atoms with E-state index in [0.29, 0.717) is 19.4 Å². The van der Waals surface area contributed by atoms with E-state index < -0.39 is 12.1 Å². The number of nitrogens with one attached hydrogen (secondary N) is 1. The molecular formula is C66H125NO5. The lowest BCUT2D eigenvalue weighted by Gasteiger charge is -2.20. The van der Waals surface area contributed by atoms with Crippen molar-refractivity contribution >= 4 is 11.9 Å². The number of aliphatic hydroxyl groups excluding tert-OH is 2. The maximum absolute atomic E-state index is 12.5. The minimum absolute atomic E-state index is 0.00480. The summed E-state index contributed by atoms with van der Waals surface area (Å²) < 4.78 is 5.48. The number of amides is 1. The number of unbranched alkanes of at least 4 members (excludes halogenated alkanes) is 45. The maximum Gasteiger partial charge on any atom is 0.305 e. The van der Waals surface area contributed by atoms with Gasteiger partial charge in [0.15, 0.2) is 0 Å². The van der Waals surface area contributed by atoms with Gasteiger partial charge in [0, 0.05) is 12.8 Å². The van der Waals surface area contributed by atoms with Gasteiger partial charge in [-0.25, -0.2) is 0 Å². The molecule has 0 heterocycles. The van der Waals surface area contributed by atoms with E-state index in [9.17, 15) is 19.8 Å². The Balaban J connectivity index is 3.44. The second kappa shape index (κ2) is 61.6. The first-order chi connectivity index (χ1) is 35.5. The second-order valence-corrected chi connectivity index (χ2v) is 22.1. The first kappa shape index (κ1) is 70.1. The number of allylic oxidation sites excluding steroid dienone is 5. The van der Waals surface area contributed by atoms with Gasteiger partial charge in [0.2, 0.25) is 5.91 Å². The zero-order valence-electron chi connectivity index (χ0n) is 48.4. The van der Waals surface area contributed by atoms with Gasteiger partial charge in [0.05, 0.1) is 25.4 Å². The zero-order valence-corrected chi connectivity index (χ0v) is 48.4. The Bertz CT molecular complexity index is 1170. The lowest BCUT2D eigenvalue weighted by atomic mass is 10.0. The fraction of sp³-hybridized carbons (Fsp3) is 0.879. The molecule has 0 saturated heterocycles. The quantitative estimate of drug-likeness (QED) is 0.0320. The van der Waals surface area contributed by atoms with Gasteiger partial charge >= 0.3 is 5.97 Å². The highest BCUT2D eigenvalue weighted by molar-refractivity contribution is 5.76. The molecule has 0 aliphatic rings. The van der Waals surface area contributed by atoms with Gasteiger partial charge < -0.3 is 20.3 Å². The van der Waals surface area contributed by atoms with Crippen LogP contribution in [0.25, 0.3) is 0 Å². The molecule has 0 aromatic rings. The summed E-state index contributed by atoms with van der Waals surface area (Å²) in [5.41, 5.74) is 0. The first-order valence-electron chi connectivity index (χ1n) is 32.3.